The highest BCUT2D eigenvalue weighted by atomic mass is 16.5. The second-order valence-electron chi connectivity index (χ2n) is 5.27. The van der Waals surface area contributed by atoms with Gasteiger partial charge >= 0.3 is 0 Å². The molecule has 3 rings (SSSR count). The number of nitrogens with zero attached hydrogens (tertiary/aromatic N) is 2. The highest BCUT2D eigenvalue weighted by Gasteiger charge is 2.42. The summed E-state index contributed by atoms with van der Waals surface area (Å²) in [6.45, 7) is 0.377. The predicted octanol–water partition coefficient (Wildman–Crippen LogP) is -1.08. The molecule has 0 unspecified atom stereocenters. The van der Waals surface area contributed by atoms with Crippen molar-refractivity contribution in [2.45, 2.75) is 18.5 Å². The highest BCUT2D eigenvalue weighted by molar-refractivity contribution is 5.97. The SMILES string of the molecule is COc1cc(C(=O)N[C@@H]2C[C@H]3C(=O)NCC(=O)N3C2)ccn1. The van der Waals surface area contributed by atoms with Gasteiger partial charge in [0.1, 0.15) is 6.04 Å². The summed E-state index contributed by atoms with van der Waals surface area (Å²) in [5, 5.41) is 5.40. The van der Waals surface area contributed by atoms with E-state index in [1.165, 1.54) is 24.3 Å². The fourth-order valence-electron chi connectivity index (χ4n) is 2.78. The van der Waals surface area contributed by atoms with Crippen molar-refractivity contribution in [2.24, 2.45) is 0 Å². The summed E-state index contributed by atoms with van der Waals surface area (Å²) < 4.78 is 4.98. The molecule has 8 heteroatoms. The molecule has 3 amide bonds. The number of carbonyl (C=O) groups excluding carboxylic acids is 3. The average Bonchev–Trinajstić information content (AvgIpc) is 2.96. The van der Waals surface area contributed by atoms with Crippen LogP contribution in [0.1, 0.15) is 16.8 Å². The van der Waals surface area contributed by atoms with E-state index in [1.807, 2.05) is 0 Å². The average molecular weight is 304 g/mol. The molecule has 2 aliphatic heterocycles. The largest absolute Gasteiger partial charge is 0.481 e. The number of nitrogens with one attached hydrogen (secondary N) is 2. The van der Waals surface area contributed by atoms with Gasteiger partial charge in [-0.2, -0.15) is 0 Å². The predicted molar refractivity (Wildman–Crippen MR) is 75.2 cm³/mol. The van der Waals surface area contributed by atoms with Crippen LogP contribution in [0, 0.1) is 0 Å². The number of rotatable bonds is 3. The van der Waals surface area contributed by atoms with E-state index in [2.05, 4.69) is 15.6 Å². The van der Waals surface area contributed by atoms with E-state index in [1.54, 1.807) is 6.07 Å². The van der Waals surface area contributed by atoms with Gasteiger partial charge in [-0.25, -0.2) is 4.98 Å². The summed E-state index contributed by atoms with van der Waals surface area (Å²) in [5.74, 6) is -0.210. The second-order valence-corrected chi connectivity index (χ2v) is 5.27. The molecule has 8 nitrogen and oxygen atoms in total. The molecule has 2 fully saturated rings. The molecule has 0 saturated carbocycles. The van der Waals surface area contributed by atoms with E-state index < -0.39 is 6.04 Å². The van der Waals surface area contributed by atoms with Crippen molar-refractivity contribution < 1.29 is 19.1 Å². The van der Waals surface area contributed by atoms with Crippen molar-refractivity contribution in [3.8, 4) is 5.88 Å². The standard InChI is InChI=1S/C14H16N4O4/c1-22-11-4-8(2-3-15-11)13(20)17-9-5-10-14(21)16-6-12(19)18(10)7-9/h2-4,9-10H,5-7H2,1H3,(H,16,21)(H,17,20)/t9-,10+/m1/s1. The zero-order valence-corrected chi connectivity index (χ0v) is 12.0. The van der Waals surface area contributed by atoms with Crippen molar-refractivity contribution in [3.05, 3.63) is 23.9 Å². The first-order chi connectivity index (χ1) is 10.6. The maximum Gasteiger partial charge on any atom is 0.251 e. The molecular weight excluding hydrogens is 288 g/mol. The molecule has 0 radical (unpaired) electrons. The van der Waals surface area contributed by atoms with Gasteiger partial charge in [-0.3, -0.25) is 14.4 Å². The highest BCUT2D eigenvalue weighted by Crippen LogP contribution is 2.21. The van der Waals surface area contributed by atoms with E-state index in [4.69, 9.17) is 4.74 Å². The molecule has 2 N–H and O–H groups in total. The Bertz CT molecular complexity index is 609. The summed E-state index contributed by atoms with van der Waals surface area (Å²) in [6.07, 6.45) is 1.91. The summed E-state index contributed by atoms with van der Waals surface area (Å²) in [7, 11) is 1.48. The van der Waals surface area contributed by atoms with Crippen LogP contribution in [0.4, 0.5) is 0 Å². The van der Waals surface area contributed by atoms with Crippen LogP contribution >= 0.6 is 0 Å². The lowest BCUT2D eigenvalue weighted by Crippen LogP contribution is -2.55. The molecular formula is C14H16N4O4. The summed E-state index contributed by atoms with van der Waals surface area (Å²) in [4.78, 5) is 41.3. The van der Waals surface area contributed by atoms with Gasteiger partial charge in [0.2, 0.25) is 17.7 Å². The topological polar surface area (TPSA) is 101 Å². The Morgan fingerprint density at radius 2 is 2.32 bits per heavy atom. The Morgan fingerprint density at radius 1 is 1.50 bits per heavy atom. The first kappa shape index (κ1) is 14.3. The van der Waals surface area contributed by atoms with Crippen LogP contribution in [0.5, 0.6) is 5.88 Å². The fraction of sp³-hybridized carbons (Fsp3) is 0.429. The van der Waals surface area contributed by atoms with Crippen molar-refractivity contribution >= 4 is 17.7 Å². The van der Waals surface area contributed by atoms with Gasteiger partial charge in [-0.15, -0.1) is 0 Å². The fourth-order valence-corrected chi connectivity index (χ4v) is 2.78. The van der Waals surface area contributed by atoms with Crippen molar-refractivity contribution in [1.29, 1.82) is 0 Å². The molecule has 0 aromatic carbocycles. The number of methoxy groups -OCH3 is 1. The van der Waals surface area contributed by atoms with Gasteiger partial charge in [-0.1, -0.05) is 0 Å². The maximum atomic E-state index is 12.2. The Labute approximate surface area is 126 Å². The third kappa shape index (κ3) is 2.59. The Kier molecular flexibility index (Phi) is 3.66. The number of piperazine rings is 1. The number of pyridine rings is 1. The zero-order chi connectivity index (χ0) is 15.7. The number of amides is 3. The lowest BCUT2D eigenvalue weighted by atomic mass is 10.1. The molecule has 0 aliphatic carbocycles. The van der Waals surface area contributed by atoms with E-state index in [0.29, 0.717) is 24.4 Å². The Hall–Kier alpha value is -2.64. The normalized spacial score (nSPS) is 23.8. The zero-order valence-electron chi connectivity index (χ0n) is 12.0. The molecule has 116 valence electrons. The Balaban J connectivity index is 1.67. The first-order valence-corrected chi connectivity index (χ1v) is 6.96. The van der Waals surface area contributed by atoms with Crippen LogP contribution in [-0.4, -0.2) is 59.9 Å². The first-order valence-electron chi connectivity index (χ1n) is 6.96. The minimum Gasteiger partial charge on any atom is -0.481 e. The number of hydrogen-bond donors (Lipinski definition) is 2. The third-order valence-electron chi connectivity index (χ3n) is 3.88. The smallest absolute Gasteiger partial charge is 0.251 e. The lowest BCUT2D eigenvalue weighted by Gasteiger charge is -2.28. The molecule has 0 bridgehead atoms. The summed E-state index contributed by atoms with van der Waals surface area (Å²) >= 11 is 0. The number of hydrogen-bond acceptors (Lipinski definition) is 5. The Morgan fingerprint density at radius 3 is 3.05 bits per heavy atom. The molecule has 2 atom stereocenters. The van der Waals surface area contributed by atoms with Crippen LogP contribution in [0.2, 0.25) is 0 Å². The minimum atomic E-state index is -0.487. The quantitative estimate of drug-likeness (QED) is 0.740. The van der Waals surface area contributed by atoms with E-state index in [0.717, 1.165) is 0 Å². The van der Waals surface area contributed by atoms with E-state index in [9.17, 15) is 14.4 Å². The number of aromatic nitrogens is 1. The minimum absolute atomic E-state index is 0.0254. The lowest BCUT2D eigenvalue weighted by molar-refractivity contribution is -0.143. The second kappa shape index (κ2) is 5.63. The molecule has 1 aromatic rings. The monoisotopic (exact) mass is 304 g/mol. The maximum absolute atomic E-state index is 12.2. The van der Waals surface area contributed by atoms with Crippen LogP contribution in [0.25, 0.3) is 0 Å². The molecule has 2 aliphatic rings. The molecule has 0 spiro atoms. The molecule has 2 saturated heterocycles. The van der Waals surface area contributed by atoms with Gasteiger partial charge < -0.3 is 20.3 Å². The van der Waals surface area contributed by atoms with Gasteiger partial charge in [0.05, 0.1) is 13.7 Å². The number of carbonyl (C=O) groups is 3. The van der Waals surface area contributed by atoms with Gasteiger partial charge in [-0.05, 0) is 12.5 Å². The number of ether oxygens (including phenoxy) is 1. The van der Waals surface area contributed by atoms with E-state index in [-0.39, 0.29) is 30.3 Å². The number of fused-ring (bicyclic) bond motifs is 1. The third-order valence-corrected chi connectivity index (χ3v) is 3.88. The van der Waals surface area contributed by atoms with E-state index >= 15 is 0 Å². The van der Waals surface area contributed by atoms with Crippen molar-refractivity contribution in [1.82, 2.24) is 20.5 Å². The van der Waals surface area contributed by atoms with Crippen molar-refractivity contribution in [2.75, 3.05) is 20.2 Å². The molecule has 3 heterocycles. The van der Waals surface area contributed by atoms with Crippen LogP contribution < -0.4 is 15.4 Å². The summed E-state index contributed by atoms with van der Waals surface area (Å²) in [6, 6.07) is 2.39. The van der Waals surface area contributed by atoms with Gasteiger partial charge in [0.15, 0.2) is 0 Å². The summed E-state index contributed by atoms with van der Waals surface area (Å²) in [5.41, 5.74) is 0.424. The van der Waals surface area contributed by atoms with Crippen molar-refractivity contribution in [3.63, 3.8) is 0 Å². The van der Waals surface area contributed by atoms with Gasteiger partial charge in [0.25, 0.3) is 5.91 Å². The molecule has 1 aromatic heterocycles. The van der Waals surface area contributed by atoms with Gasteiger partial charge in [0, 0.05) is 30.4 Å². The van der Waals surface area contributed by atoms with Crippen LogP contribution in [0.15, 0.2) is 18.3 Å². The van der Waals surface area contributed by atoms with Crippen LogP contribution in [0.3, 0.4) is 0 Å². The van der Waals surface area contributed by atoms with Crippen LogP contribution in [-0.2, 0) is 9.59 Å². The molecule has 22 heavy (non-hydrogen) atoms.